The van der Waals surface area contributed by atoms with Gasteiger partial charge in [0.2, 0.25) is 0 Å². The number of pyridine rings is 1. The fraction of sp³-hybridized carbons (Fsp3) is 0.583. The molecule has 0 aromatic carbocycles. The van der Waals surface area contributed by atoms with E-state index in [1.807, 2.05) is 12.1 Å². The van der Waals surface area contributed by atoms with Crippen LogP contribution < -0.4 is 0 Å². The summed E-state index contributed by atoms with van der Waals surface area (Å²) in [5.74, 6) is 0. The van der Waals surface area contributed by atoms with E-state index < -0.39 is 0 Å². The maximum atomic E-state index is 5.53. The maximum Gasteiger partial charge on any atom is 0.0887 e. The fourth-order valence-corrected chi connectivity index (χ4v) is 1.53. The normalized spacial score (nSPS) is 10.5. The van der Waals surface area contributed by atoms with Gasteiger partial charge in [-0.2, -0.15) is 0 Å². The van der Waals surface area contributed by atoms with Gasteiger partial charge in [-0.15, -0.1) is 0 Å². The minimum absolute atomic E-state index is 0.624. The lowest BCUT2D eigenvalue weighted by Crippen LogP contribution is -1.97. The first-order chi connectivity index (χ1) is 7.33. The molecule has 0 saturated carbocycles. The van der Waals surface area contributed by atoms with Gasteiger partial charge in [0, 0.05) is 17.3 Å². The van der Waals surface area contributed by atoms with Crippen molar-refractivity contribution in [3.63, 3.8) is 0 Å². The Morgan fingerprint density at radius 3 is 2.80 bits per heavy atom. The van der Waals surface area contributed by atoms with Crippen LogP contribution in [0.1, 0.15) is 38.3 Å². The standard InChI is InChI=1S/C12H18BrNO/c1-2-3-4-5-8-15-10-12-7-6-11(13)9-14-12/h6-7,9H,2-5,8,10H2,1H3. The Bertz CT molecular complexity index is 261. The summed E-state index contributed by atoms with van der Waals surface area (Å²) in [5.41, 5.74) is 0.994. The maximum absolute atomic E-state index is 5.53. The Hall–Kier alpha value is -0.410. The average molecular weight is 272 g/mol. The molecule has 1 aromatic heterocycles. The Kier molecular flexibility index (Phi) is 6.60. The number of hydrogen-bond donors (Lipinski definition) is 0. The minimum atomic E-state index is 0.624. The molecule has 0 saturated heterocycles. The largest absolute Gasteiger partial charge is 0.375 e. The van der Waals surface area contributed by atoms with E-state index >= 15 is 0 Å². The van der Waals surface area contributed by atoms with Crippen molar-refractivity contribution in [2.24, 2.45) is 0 Å². The molecule has 0 aliphatic carbocycles. The van der Waals surface area contributed by atoms with Crippen LogP contribution >= 0.6 is 15.9 Å². The number of nitrogens with zero attached hydrogens (tertiary/aromatic N) is 1. The molecule has 0 spiro atoms. The van der Waals surface area contributed by atoms with Crippen LogP contribution in [-0.4, -0.2) is 11.6 Å². The molecule has 2 nitrogen and oxygen atoms in total. The summed E-state index contributed by atoms with van der Waals surface area (Å²) >= 11 is 3.35. The lowest BCUT2D eigenvalue weighted by atomic mass is 10.2. The third kappa shape index (κ3) is 5.90. The van der Waals surface area contributed by atoms with E-state index in [-0.39, 0.29) is 0 Å². The van der Waals surface area contributed by atoms with Gasteiger partial charge in [-0.1, -0.05) is 26.2 Å². The molecule has 84 valence electrons. The van der Waals surface area contributed by atoms with Crippen molar-refractivity contribution >= 4 is 15.9 Å². The lowest BCUT2D eigenvalue weighted by Gasteiger charge is -2.03. The van der Waals surface area contributed by atoms with Crippen LogP contribution in [0.15, 0.2) is 22.8 Å². The Morgan fingerprint density at radius 1 is 1.27 bits per heavy atom. The Labute approximate surface area is 100 Å². The van der Waals surface area contributed by atoms with Crippen molar-refractivity contribution in [2.75, 3.05) is 6.61 Å². The van der Waals surface area contributed by atoms with Gasteiger partial charge in [0.15, 0.2) is 0 Å². The van der Waals surface area contributed by atoms with Crippen LogP contribution in [0.2, 0.25) is 0 Å². The number of aromatic nitrogens is 1. The smallest absolute Gasteiger partial charge is 0.0887 e. The van der Waals surface area contributed by atoms with Crippen molar-refractivity contribution in [3.8, 4) is 0 Å². The topological polar surface area (TPSA) is 22.1 Å². The molecular weight excluding hydrogens is 254 g/mol. The van der Waals surface area contributed by atoms with Crippen molar-refractivity contribution in [1.82, 2.24) is 4.98 Å². The van der Waals surface area contributed by atoms with Gasteiger partial charge in [0.1, 0.15) is 0 Å². The summed E-state index contributed by atoms with van der Waals surface area (Å²) in [6.07, 6.45) is 6.80. The van der Waals surface area contributed by atoms with E-state index in [4.69, 9.17) is 4.74 Å². The molecule has 1 heterocycles. The molecule has 0 amide bonds. The summed E-state index contributed by atoms with van der Waals surface area (Å²) < 4.78 is 6.54. The predicted octanol–water partition coefficient (Wildman–Crippen LogP) is 3.94. The first kappa shape index (κ1) is 12.7. The van der Waals surface area contributed by atoms with Gasteiger partial charge in [0.05, 0.1) is 12.3 Å². The summed E-state index contributed by atoms with van der Waals surface area (Å²) in [7, 11) is 0. The van der Waals surface area contributed by atoms with Crippen LogP contribution in [0.5, 0.6) is 0 Å². The lowest BCUT2D eigenvalue weighted by molar-refractivity contribution is 0.114. The molecule has 0 unspecified atom stereocenters. The summed E-state index contributed by atoms with van der Waals surface area (Å²) in [4.78, 5) is 4.24. The van der Waals surface area contributed by atoms with Gasteiger partial charge < -0.3 is 4.74 Å². The molecule has 0 bridgehead atoms. The molecule has 0 radical (unpaired) electrons. The number of hydrogen-bond acceptors (Lipinski definition) is 2. The van der Waals surface area contributed by atoms with Gasteiger partial charge in [-0.3, -0.25) is 4.98 Å². The third-order valence-corrected chi connectivity index (χ3v) is 2.65. The molecule has 0 fully saturated rings. The van der Waals surface area contributed by atoms with Crippen LogP contribution in [-0.2, 0) is 11.3 Å². The molecule has 3 heteroatoms. The minimum Gasteiger partial charge on any atom is -0.375 e. The Morgan fingerprint density at radius 2 is 2.13 bits per heavy atom. The molecule has 0 N–H and O–H groups in total. The molecular formula is C12H18BrNO. The van der Waals surface area contributed by atoms with Crippen LogP contribution in [0.4, 0.5) is 0 Å². The molecule has 0 aliphatic heterocycles. The molecule has 15 heavy (non-hydrogen) atoms. The van der Waals surface area contributed by atoms with Crippen LogP contribution in [0.3, 0.4) is 0 Å². The SMILES string of the molecule is CCCCCCOCc1ccc(Br)cn1. The fourth-order valence-electron chi connectivity index (χ4n) is 1.30. The van der Waals surface area contributed by atoms with E-state index in [9.17, 15) is 0 Å². The zero-order valence-corrected chi connectivity index (χ0v) is 10.8. The van der Waals surface area contributed by atoms with E-state index in [2.05, 4.69) is 27.8 Å². The van der Waals surface area contributed by atoms with E-state index in [1.54, 1.807) is 6.20 Å². The molecule has 0 aliphatic rings. The number of rotatable bonds is 7. The highest BCUT2D eigenvalue weighted by molar-refractivity contribution is 9.10. The molecule has 1 rings (SSSR count). The van der Waals surface area contributed by atoms with Crippen molar-refractivity contribution < 1.29 is 4.74 Å². The molecule has 1 aromatic rings. The highest BCUT2D eigenvalue weighted by Gasteiger charge is 1.94. The Balaban J connectivity index is 2.07. The average Bonchev–Trinajstić information content (AvgIpc) is 2.26. The van der Waals surface area contributed by atoms with Gasteiger partial charge >= 0.3 is 0 Å². The quantitative estimate of drug-likeness (QED) is 0.701. The zero-order chi connectivity index (χ0) is 10.9. The number of unbranched alkanes of at least 4 members (excludes halogenated alkanes) is 3. The summed E-state index contributed by atoms with van der Waals surface area (Å²) in [6, 6.07) is 3.97. The molecule has 0 atom stereocenters. The first-order valence-electron chi connectivity index (χ1n) is 5.51. The van der Waals surface area contributed by atoms with Crippen LogP contribution in [0.25, 0.3) is 0 Å². The first-order valence-corrected chi connectivity index (χ1v) is 6.30. The van der Waals surface area contributed by atoms with Crippen molar-refractivity contribution in [1.29, 1.82) is 0 Å². The number of ether oxygens (including phenoxy) is 1. The summed E-state index contributed by atoms with van der Waals surface area (Å²) in [6.45, 7) is 3.68. The number of halogens is 1. The van der Waals surface area contributed by atoms with Crippen LogP contribution in [0, 0.1) is 0 Å². The van der Waals surface area contributed by atoms with E-state index in [0.29, 0.717) is 6.61 Å². The van der Waals surface area contributed by atoms with Crippen molar-refractivity contribution in [2.45, 2.75) is 39.2 Å². The monoisotopic (exact) mass is 271 g/mol. The second kappa shape index (κ2) is 7.83. The highest BCUT2D eigenvalue weighted by atomic mass is 79.9. The van der Waals surface area contributed by atoms with Gasteiger partial charge in [-0.05, 0) is 34.5 Å². The third-order valence-electron chi connectivity index (χ3n) is 2.18. The highest BCUT2D eigenvalue weighted by Crippen LogP contribution is 2.08. The summed E-state index contributed by atoms with van der Waals surface area (Å²) in [5, 5.41) is 0. The van der Waals surface area contributed by atoms with E-state index in [1.165, 1.54) is 19.3 Å². The van der Waals surface area contributed by atoms with Gasteiger partial charge in [-0.25, -0.2) is 0 Å². The predicted molar refractivity (Wildman–Crippen MR) is 65.7 cm³/mol. The van der Waals surface area contributed by atoms with E-state index in [0.717, 1.165) is 23.2 Å². The zero-order valence-electron chi connectivity index (χ0n) is 9.21. The second-order valence-corrected chi connectivity index (χ2v) is 4.50. The van der Waals surface area contributed by atoms with Crippen molar-refractivity contribution in [3.05, 3.63) is 28.5 Å². The second-order valence-electron chi connectivity index (χ2n) is 3.58. The van der Waals surface area contributed by atoms with Gasteiger partial charge in [0.25, 0.3) is 0 Å².